The summed E-state index contributed by atoms with van der Waals surface area (Å²) in [6.45, 7) is 0. The van der Waals surface area contributed by atoms with Gasteiger partial charge >= 0.3 is 5.69 Å². The van der Waals surface area contributed by atoms with Crippen molar-refractivity contribution >= 4 is 16.8 Å². The Bertz CT molecular complexity index is 947. The summed E-state index contributed by atoms with van der Waals surface area (Å²) in [6.07, 6.45) is 5.18. The molecular formula is C12H8N6O. The Hall–Kier alpha value is -2.96. The molecule has 92 valence electrons. The Morgan fingerprint density at radius 3 is 3.00 bits per heavy atom. The number of fused-ring (bicyclic) bond motifs is 2. The van der Waals surface area contributed by atoms with Gasteiger partial charge in [-0.1, -0.05) is 6.07 Å². The molecule has 2 N–H and O–H groups in total. The van der Waals surface area contributed by atoms with Crippen LogP contribution in [0.3, 0.4) is 0 Å². The van der Waals surface area contributed by atoms with E-state index in [1.54, 1.807) is 12.4 Å². The monoisotopic (exact) mass is 252 g/mol. The molecule has 0 saturated heterocycles. The summed E-state index contributed by atoms with van der Waals surface area (Å²) in [6, 6.07) is 5.73. The van der Waals surface area contributed by atoms with E-state index in [0.717, 1.165) is 11.3 Å². The number of nitrogens with zero attached hydrogens (tertiary/aromatic N) is 4. The quantitative estimate of drug-likeness (QED) is 0.527. The van der Waals surface area contributed by atoms with Crippen molar-refractivity contribution in [2.24, 2.45) is 0 Å². The highest BCUT2D eigenvalue weighted by Gasteiger charge is 2.10. The van der Waals surface area contributed by atoms with Gasteiger partial charge in [0.15, 0.2) is 11.5 Å². The van der Waals surface area contributed by atoms with Gasteiger partial charge in [0.1, 0.15) is 16.9 Å². The smallest absolute Gasteiger partial charge is 0.303 e. The van der Waals surface area contributed by atoms with Gasteiger partial charge in [0.2, 0.25) is 0 Å². The van der Waals surface area contributed by atoms with E-state index in [-0.39, 0.29) is 5.69 Å². The molecule has 7 heteroatoms. The molecule has 0 fully saturated rings. The highest BCUT2D eigenvalue weighted by atomic mass is 16.1. The number of nitrogens with one attached hydrogen (secondary N) is 2. The molecule has 0 aromatic carbocycles. The molecule has 0 aliphatic heterocycles. The SMILES string of the molecule is O=c1[nH]c2cnc(-c3cnc4ccccn34)nc2[nH]1. The maximum Gasteiger partial charge on any atom is 0.325 e. The summed E-state index contributed by atoms with van der Waals surface area (Å²) in [7, 11) is 0. The van der Waals surface area contributed by atoms with E-state index >= 15 is 0 Å². The molecule has 0 bridgehead atoms. The average Bonchev–Trinajstić information content (AvgIpc) is 2.99. The van der Waals surface area contributed by atoms with Crippen molar-refractivity contribution < 1.29 is 0 Å². The van der Waals surface area contributed by atoms with Crippen LogP contribution in [-0.4, -0.2) is 29.3 Å². The normalized spacial score (nSPS) is 11.4. The van der Waals surface area contributed by atoms with Gasteiger partial charge in [0.25, 0.3) is 0 Å². The predicted octanol–water partition coefficient (Wildman–Crippen LogP) is 0.961. The lowest BCUT2D eigenvalue weighted by molar-refractivity contribution is 1.12. The third-order valence-corrected chi connectivity index (χ3v) is 2.91. The van der Waals surface area contributed by atoms with Gasteiger partial charge in [-0.2, -0.15) is 0 Å². The summed E-state index contributed by atoms with van der Waals surface area (Å²) >= 11 is 0. The molecule has 4 rings (SSSR count). The van der Waals surface area contributed by atoms with Crippen LogP contribution in [-0.2, 0) is 0 Å². The van der Waals surface area contributed by atoms with Gasteiger partial charge in [-0.05, 0) is 12.1 Å². The van der Waals surface area contributed by atoms with Gasteiger partial charge in [0.05, 0.1) is 12.4 Å². The highest BCUT2D eigenvalue weighted by Crippen LogP contribution is 2.17. The van der Waals surface area contributed by atoms with Crippen molar-refractivity contribution in [2.45, 2.75) is 0 Å². The Morgan fingerprint density at radius 1 is 1.11 bits per heavy atom. The lowest BCUT2D eigenvalue weighted by Crippen LogP contribution is -1.99. The van der Waals surface area contributed by atoms with Crippen molar-refractivity contribution in [1.82, 2.24) is 29.3 Å². The minimum Gasteiger partial charge on any atom is -0.303 e. The Balaban J connectivity index is 2.00. The number of hydrogen-bond acceptors (Lipinski definition) is 4. The fourth-order valence-electron chi connectivity index (χ4n) is 2.05. The minimum absolute atomic E-state index is 0.292. The first kappa shape index (κ1) is 10.0. The van der Waals surface area contributed by atoms with E-state index in [1.807, 2.05) is 28.8 Å². The summed E-state index contributed by atoms with van der Waals surface area (Å²) in [5.41, 5.74) is 2.38. The predicted molar refractivity (Wildman–Crippen MR) is 68.7 cm³/mol. The first-order valence-corrected chi connectivity index (χ1v) is 5.69. The summed E-state index contributed by atoms with van der Waals surface area (Å²) in [5, 5.41) is 0. The zero-order valence-corrected chi connectivity index (χ0v) is 9.66. The first-order valence-electron chi connectivity index (χ1n) is 5.69. The second-order valence-corrected chi connectivity index (χ2v) is 4.11. The number of pyridine rings is 1. The number of H-pyrrole nitrogens is 2. The van der Waals surface area contributed by atoms with Gasteiger partial charge in [-0.25, -0.2) is 19.7 Å². The van der Waals surface area contributed by atoms with Crippen LogP contribution >= 0.6 is 0 Å². The van der Waals surface area contributed by atoms with Crippen molar-refractivity contribution in [3.05, 3.63) is 47.3 Å². The third kappa shape index (κ3) is 1.45. The molecule has 0 unspecified atom stereocenters. The second-order valence-electron chi connectivity index (χ2n) is 4.11. The zero-order chi connectivity index (χ0) is 12.8. The summed E-state index contributed by atoms with van der Waals surface area (Å²) in [4.78, 5) is 29.3. The van der Waals surface area contributed by atoms with Gasteiger partial charge < -0.3 is 4.98 Å². The molecule has 0 aliphatic rings. The molecule has 19 heavy (non-hydrogen) atoms. The van der Waals surface area contributed by atoms with Crippen LogP contribution < -0.4 is 5.69 Å². The van der Waals surface area contributed by atoms with E-state index in [2.05, 4.69) is 24.9 Å². The van der Waals surface area contributed by atoms with E-state index < -0.39 is 0 Å². The van der Waals surface area contributed by atoms with Crippen LogP contribution in [0.2, 0.25) is 0 Å². The second kappa shape index (κ2) is 3.52. The largest absolute Gasteiger partial charge is 0.325 e. The minimum atomic E-state index is -0.292. The standard InChI is InChI=1S/C12H8N6O/c19-12-15-7-5-14-11(16-10(7)17-12)8-6-13-9-3-1-2-4-18(8)9/h1-6H,(H2,14,15,16,17,19). The molecule has 4 aromatic heterocycles. The van der Waals surface area contributed by atoms with Crippen LogP contribution in [0.5, 0.6) is 0 Å². The Kier molecular flexibility index (Phi) is 1.85. The van der Waals surface area contributed by atoms with Gasteiger partial charge in [0, 0.05) is 6.20 Å². The van der Waals surface area contributed by atoms with Crippen molar-refractivity contribution in [2.75, 3.05) is 0 Å². The van der Waals surface area contributed by atoms with E-state index in [4.69, 9.17) is 0 Å². The molecule has 0 saturated carbocycles. The molecule has 0 spiro atoms. The lowest BCUT2D eigenvalue weighted by atomic mass is 10.4. The number of aromatic amines is 2. The zero-order valence-electron chi connectivity index (χ0n) is 9.66. The summed E-state index contributed by atoms with van der Waals surface area (Å²) < 4.78 is 1.89. The topological polar surface area (TPSA) is 91.7 Å². The van der Waals surface area contributed by atoms with E-state index in [1.165, 1.54) is 0 Å². The van der Waals surface area contributed by atoms with Crippen LogP contribution in [0.1, 0.15) is 0 Å². The Labute approximate surface area is 106 Å². The third-order valence-electron chi connectivity index (χ3n) is 2.91. The fraction of sp³-hybridized carbons (Fsp3) is 0. The molecule has 0 aliphatic carbocycles. The molecule has 0 atom stereocenters. The van der Waals surface area contributed by atoms with Crippen LogP contribution in [0.4, 0.5) is 0 Å². The van der Waals surface area contributed by atoms with Crippen molar-refractivity contribution in [3.8, 4) is 11.5 Å². The molecule has 0 amide bonds. The average molecular weight is 252 g/mol. The fourth-order valence-corrected chi connectivity index (χ4v) is 2.05. The first-order chi connectivity index (χ1) is 9.31. The number of hydrogen-bond donors (Lipinski definition) is 2. The molecule has 4 aromatic rings. The van der Waals surface area contributed by atoms with Crippen LogP contribution in [0.25, 0.3) is 28.3 Å². The molecule has 4 heterocycles. The van der Waals surface area contributed by atoms with E-state index in [9.17, 15) is 4.79 Å². The molecular weight excluding hydrogens is 244 g/mol. The summed E-state index contributed by atoms with van der Waals surface area (Å²) in [5.74, 6) is 0.515. The maximum atomic E-state index is 11.2. The van der Waals surface area contributed by atoms with E-state index in [0.29, 0.717) is 17.0 Å². The van der Waals surface area contributed by atoms with Gasteiger partial charge in [-0.3, -0.25) is 9.38 Å². The van der Waals surface area contributed by atoms with Crippen LogP contribution in [0.15, 0.2) is 41.6 Å². The van der Waals surface area contributed by atoms with Gasteiger partial charge in [-0.15, -0.1) is 0 Å². The highest BCUT2D eigenvalue weighted by molar-refractivity contribution is 5.71. The number of imidazole rings is 2. The lowest BCUT2D eigenvalue weighted by Gasteiger charge is -1.99. The van der Waals surface area contributed by atoms with Crippen molar-refractivity contribution in [3.63, 3.8) is 0 Å². The number of rotatable bonds is 1. The molecule has 7 nitrogen and oxygen atoms in total. The maximum absolute atomic E-state index is 11.2. The Morgan fingerprint density at radius 2 is 2.05 bits per heavy atom. The number of aromatic nitrogens is 6. The van der Waals surface area contributed by atoms with Crippen molar-refractivity contribution in [1.29, 1.82) is 0 Å². The molecule has 0 radical (unpaired) electrons. The van der Waals surface area contributed by atoms with Crippen LogP contribution in [0, 0.1) is 0 Å².